The molecule has 0 amide bonds. The predicted molar refractivity (Wildman–Crippen MR) is 114 cm³/mol. The van der Waals surface area contributed by atoms with Gasteiger partial charge in [-0.05, 0) is 36.8 Å². The van der Waals surface area contributed by atoms with Gasteiger partial charge in [0.25, 0.3) is 5.72 Å². The summed E-state index contributed by atoms with van der Waals surface area (Å²) < 4.78 is 5.13. The van der Waals surface area contributed by atoms with Crippen molar-refractivity contribution in [1.29, 1.82) is 0 Å². The summed E-state index contributed by atoms with van der Waals surface area (Å²) in [5.41, 5.74) is -1.26. The zero-order valence-electron chi connectivity index (χ0n) is 16.0. The Balaban J connectivity index is 2.18. The number of rotatable bonds is 5. The molecule has 1 fully saturated rings. The second-order valence-corrected chi connectivity index (χ2v) is 7.52. The van der Waals surface area contributed by atoms with E-state index in [9.17, 15) is 14.7 Å². The van der Waals surface area contributed by atoms with Gasteiger partial charge in [-0.3, -0.25) is 4.79 Å². The fourth-order valence-electron chi connectivity index (χ4n) is 3.47. The first-order chi connectivity index (χ1) is 13.8. The summed E-state index contributed by atoms with van der Waals surface area (Å²) in [5, 5.41) is 15.3. The fourth-order valence-corrected chi connectivity index (χ4v) is 3.86. The molecule has 0 aromatic heterocycles. The smallest absolute Gasteiger partial charge is 0.360 e. The van der Waals surface area contributed by atoms with E-state index in [1.54, 1.807) is 61.5 Å². The molecule has 3 rings (SSSR count). The lowest BCUT2D eigenvalue weighted by Gasteiger charge is -2.49. The third kappa shape index (κ3) is 3.85. The number of ketones is 1. The van der Waals surface area contributed by atoms with Gasteiger partial charge < -0.3 is 20.1 Å². The number of nitrogens with zero attached hydrogens (tertiary/aromatic N) is 1. The van der Waals surface area contributed by atoms with Crippen LogP contribution in [0.15, 0.2) is 54.6 Å². The SMILES string of the molecule is CCOC(=O)[C@]1(O)[C@H](C(=O)c2ccccc2)[C@H](c2ccc(Cl)cc2)NC(=S)N1C. The molecule has 0 bridgehead atoms. The second-order valence-electron chi connectivity index (χ2n) is 6.69. The van der Waals surface area contributed by atoms with Crippen LogP contribution in [-0.4, -0.2) is 46.3 Å². The number of carbonyl (C=O) groups excluding carboxylic acids is 2. The van der Waals surface area contributed by atoms with Gasteiger partial charge in [0.15, 0.2) is 10.9 Å². The number of hydrogen-bond acceptors (Lipinski definition) is 5. The summed E-state index contributed by atoms with van der Waals surface area (Å²) in [6.07, 6.45) is 0. The van der Waals surface area contributed by atoms with E-state index in [1.807, 2.05) is 0 Å². The van der Waals surface area contributed by atoms with Gasteiger partial charge in [0.1, 0.15) is 5.92 Å². The van der Waals surface area contributed by atoms with E-state index in [1.165, 1.54) is 11.9 Å². The molecule has 152 valence electrons. The molecule has 0 unspecified atom stereocenters. The minimum atomic E-state index is -2.28. The molecule has 1 aliphatic heterocycles. The number of thiocarbonyl (C=S) groups is 1. The minimum Gasteiger partial charge on any atom is -0.462 e. The normalized spacial score (nSPS) is 24.0. The summed E-state index contributed by atoms with van der Waals surface area (Å²) in [6.45, 7) is 1.68. The van der Waals surface area contributed by atoms with Crippen molar-refractivity contribution in [2.24, 2.45) is 5.92 Å². The zero-order valence-corrected chi connectivity index (χ0v) is 17.5. The summed E-state index contributed by atoms with van der Waals surface area (Å²) in [7, 11) is 1.45. The molecule has 2 aromatic rings. The first kappa shape index (κ1) is 21.2. The lowest BCUT2D eigenvalue weighted by atomic mass is 9.77. The number of aliphatic hydroxyl groups is 1. The van der Waals surface area contributed by atoms with Gasteiger partial charge in [-0.25, -0.2) is 4.79 Å². The molecule has 0 spiro atoms. The van der Waals surface area contributed by atoms with Crippen LogP contribution in [0, 0.1) is 5.92 Å². The van der Waals surface area contributed by atoms with Crippen molar-refractivity contribution in [3.8, 4) is 0 Å². The number of hydrogen-bond donors (Lipinski definition) is 2. The van der Waals surface area contributed by atoms with Crippen molar-refractivity contribution in [1.82, 2.24) is 10.2 Å². The lowest BCUT2D eigenvalue weighted by molar-refractivity contribution is -0.191. The van der Waals surface area contributed by atoms with Crippen LogP contribution >= 0.6 is 23.8 Å². The van der Waals surface area contributed by atoms with Crippen LogP contribution in [0.25, 0.3) is 0 Å². The molecule has 6 nitrogen and oxygen atoms in total. The van der Waals surface area contributed by atoms with Crippen molar-refractivity contribution < 1.29 is 19.4 Å². The third-order valence-electron chi connectivity index (χ3n) is 5.01. The maximum absolute atomic E-state index is 13.5. The topological polar surface area (TPSA) is 78.9 Å². The van der Waals surface area contributed by atoms with Gasteiger partial charge in [-0.1, -0.05) is 54.1 Å². The first-order valence-electron chi connectivity index (χ1n) is 9.09. The molecular formula is C21H21ClN2O4S. The fraction of sp³-hybridized carbons (Fsp3) is 0.286. The minimum absolute atomic E-state index is 0.0486. The highest BCUT2D eigenvalue weighted by molar-refractivity contribution is 7.80. The number of nitrogens with one attached hydrogen (secondary N) is 1. The lowest BCUT2D eigenvalue weighted by Crippen LogP contribution is -2.70. The van der Waals surface area contributed by atoms with Gasteiger partial charge in [-0.2, -0.15) is 0 Å². The molecule has 1 aliphatic rings. The van der Waals surface area contributed by atoms with E-state index in [2.05, 4.69) is 5.32 Å². The van der Waals surface area contributed by atoms with Crippen molar-refractivity contribution in [3.05, 3.63) is 70.7 Å². The van der Waals surface area contributed by atoms with Crippen LogP contribution < -0.4 is 5.32 Å². The summed E-state index contributed by atoms with van der Waals surface area (Å²) in [4.78, 5) is 27.6. The van der Waals surface area contributed by atoms with Crippen molar-refractivity contribution in [3.63, 3.8) is 0 Å². The second kappa shape index (κ2) is 8.49. The Labute approximate surface area is 179 Å². The van der Waals surface area contributed by atoms with E-state index in [4.69, 9.17) is 28.6 Å². The molecule has 2 aromatic carbocycles. The molecular weight excluding hydrogens is 412 g/mol. The van der Waals surface area contributed by atoms with E-state index in [0.717, 1.165) is 0 Å². The Morgan fingerprint density at radius 2 is 1.83 bits per heavy atom. The van der Waals surface area contributed by atoms with Crippen molar-refractivity contribution in [2.75, 3.05) is 13.7 Å². The number of esters is 1. The van der Waals surface area contributed by atoms with Gasteiger partial charge in [0.05, 0.1) is 12.6 Å². The molecule has 2 N–H and O–H groups in total. The maximum atomic E-state index is 13.5. The number of halogens is 1. The molecule has 29 heavy (non-hydrogen) atoms. The standard InChI is InChI=1S/C21H21ClN2O4S/c1-3-28-19(26)21(27)16(18(25)14-7-5-4-6-8-14)17(23-20(29)24(21)2)13-9-11-15(22)12-10-13/h4-12,16-17,27H,3H2,1-2H3,(H,23,29)/t16-,17-,21+/m0/s1. The summed E-state index contributed by atoms with van der Waals surface area (Å²) >= 11 is 11.3. The Bertz CT molecular complexity index is 922. The number of carbonyl (C=O) groups is 2. The zero-order chi connectivity index (χ0) is 21.2. The highest BCUT2D eigenvalue weighted by Gasteiger charge is 2.59. The Morgan fingerprint density at radius 3 is 2.41 bits per heavy atom. The van der Waals surface area contributed by atoms with Crippen molar-refractivity contribution in [2.45, 2.75) is 18.7 Å². The van der Waals surface area contributed by atoms with Crippen molar-refractivity contribution >= 4 is 40.7 Å². The predicted octanol–water partition coefficient (Wildman–Crippen LogP) is 2.95. The van der Waals surface area contributed by atoms with Crippen LogP contribution in [0.5, 0.6) is 0 Å². The number of ether oxygens (including phenoxy) is 1. The summed E-state index contributed by atoms with van der Waals surface area (Å²) in [5.74, 6) is -2.57. The number of Topliss-reactive ketones (excluding diaryl/α,β-unsaturated/α-hetero) is 1. The van der Waals surface area contributed by atoms with Gasteiger partial charge in [0.2, 0.25) is 0 Å². The Kier molecular flexibility index (Phi) is 6.21. The monoisotopic (exact) mass is 432 g/mol. The highest BCUT2D eigenvalue weighted by atomic mass is 35.5. The largest absolute Gasteiger partial charge is 0.462 e. The summed E-state index contributed by atoms with van der Waals surface area (Å²) in [6, 6.07) is 14.5. The first-order valence-corrected chi connectivity index (χ1v) is 9.88. The number of benzene rings is 2. The number of likely N-dealkylation sites (N-methyl/N-ethyl adjacent to an activating group) is 1. The Hall–Kier alpha value is -2.48. The van der Waals surface area contributed by atoms with Gasteiger partial charge in [0, 0.05) is 17.6 Å². The van der Waals surface area contributed by atoms with Crippen LogP contribution in [0.1, 0.15) is 28.9 Å². The van der Waals surface area contributed by atoms with Crippen LogP contribution in [0.2, 0.25) is 5.02 Å². The Morgan fingerprint density at radius 1 is 1.21 bits per heavy atom. The molecule has 0 saturated carbocycles. The molecule has 3 atom stereocenters. The van der Waals surface area contributed by atoms with Gasteiger partial charge >= 0.3 is 5.97 Å². The molecule has 1 saturated heterocycles. The molecule has 0 radical (unpaired) electrons. The van der Waals surface area contributed by atoms with E-state index < -0.39 is 29.4 Å². The third-order valence-corrected chi connectivity index (χ3v) is 5.65. The molecule has 0 aliphatic carbocycles. The van der Waals surface area contributed by atoms with Crippen LogP contribution in [0.4, 0.5) is 0 Å². The van der Waals surface area contributed by atoms with E-state index >= 15 is 0 Å². The quantitative estimate of drug-likeness (QED) is 0.427. The maximum Gasteiger partial charge on any atom is 0.360 e. The van der Waals surface area contributed by atoms with Crippen LogP contribution in [-0.2, 0) is 9.53 Å². The van der Waals surface area contributed by atoms with Gasteiger partial charge in [-0.15, -0.1) is 0 Å². The average molecular weight is 433 g/mol. The highest BCUT2D eigenvalue weighted by Crippen LogP contribution is 2.40. The van der Waals surface area contributed by atoms with E-state index in [0.29, 0.717) is 16.1 Å². The van der Waals surface area contributed by atoms with E-state index in [-0.39, 0.29) is 11.7 Å². The van der Waals surface area contributed by atoms with Crippen LogP contribution in [0.3, 0.4) is 0 Å². The molecule has 1 heterocycles. The molecule has 8 heteroatoms. The average Bonchev–Trinajstić information content (AvgIpc) is 2.72.